The lowest BCUT2D eigenvalue weighted by Gasteiger charge is -2.24. The number of hydrogen-bond acceptors (Lipinski definition) is 8. The van der Waals surface area contributed by atoms with Crippen LogP contribution in [-0.2, 0) is 32.7 Å². The molecule has 0 bridgehead atoms. The molecular weight excluding hydrogens is 765 g/mol. The number of aliphatic hydroxyl groups excluding tert-OH is 1. The number of quaternary nitrogens is 1. The van der Waals surface area contributed by atoms with Gasteiger partial charge in [-0.05, 0) is 77.0 Å². The fraction of sp³-hybridized carbons (Fsp3) is 0.708. The Balaban J connectivity index is 4.49. The third kappa shape index (κ3) is 43.3. The first-order valence-corrected chi connectivity index (χ1v) is 24.2. The van der Waals surface area contributed by atoms with Crippen molar-refractivity contribution < 1.29 is 47.2 Å². The molecule has 0 saturated carbocycles. The molecule has 2 N–H and O–H groups in total. The molecule has 0 aliphatic carbocycles. The summed E-state index contributed by atoms with van der Waals surface area (Å²) in [4.78, 5) is 35.4. The van der Waals surface area contributed by atoms with Crippen molar-refractivity contribution in [3.05, 3.63) is 72.9 Å². The lowest BCUT2D eigenvalue weighted by atomic mass is 10.1. The molecule has 3 atom stereocenters. The van der Waals surface area contributed by atoms with Crippen molar-refractivity contribution in [1.29, 1.82) is 0 Å². The molecule has 0 radical (unpaired) electrons. The summed E-state index contributed by atoms with van der Waals surface area (Å²) in [5.41, 5.74) is 0. The minimum atomic E-state index is -4.41. The number of nitrogens with zero attached hydrogens (tertiary/aromatic N) is 1. The number of likely N-dealkylation sites (N-methyl/N-ethyl adjacent to an activating group) is 1. The van der Waals surface area contributed by atoms with Crippen molar-refractivity contribution in [2.24, 2.45) is 0 Å². The van der Waals surface area contributed by atoms with Gasteiger partial charge in [0, 0.05) is 12.8 Å². The van der Waals surface area contributed by atoms with Gasteiger partial charge in [0.25, 0.3) is 0 Å². The molecule has 0 rings (SSSR count). The summed E-state index contributed by atoms with van der Waals surface area (Å²) in [6, 6.07) is 0. The SMILES string of the molecule is CCCCC/C=C\C/C=C\CCCCCCCCCC(=O)OC[C@H](COP(=O)(O)OCC[N+](C)(C)C)OC(=O)CCC/C=C\C/C=C\C/C=C\C/C=C\[C@H](O)CCCC. The number of ether oxygens (including phenoxy) is 2. The minimum Gasteiger partial charge on any atom is -0.462 e. The third-order valence-corrected chi connectivity index (χ3v) is 10.3. The maximum absolute atomic E-state index is 12.7. The molecule has 0 spiro atoms. The monoisotopic (exact) mass is 851 g/mol. The highest BCUT2D eigenvalue weighted by Gasteiger charge is 2.27. The maximum Gasteiger partial charge on any atom is 0.472 e. The van der Waals surface area contributed by atoms with Gasteiger partial charge in [-0.1, -0.05) is 145 Å². The Kier molecular flexibility index (Phi) is 37.8. The van der Waals surface area contributed by atoms with Crippen LogP contribution >= 0.6 is 7.82 Å². The normalized spacial score (nSPS) is 14.8. The lowest BCUT2D eigenvalue weighted by molar-refractivity contribution is -0.870. The smallest absolute Gasteiger partial charge is 0.462 e. The maximum atomic E-state index is 12.7. The molecule has 10 nitrogen and oxygen atoms in total. The first-order chi connectivity index (χ1) is 28.4. The number of aliphatic hydroxyl groups is 1. The van der Waals surface area contributed by atoms with E-state index in [1.54, 1.807) is 0 Å². The molecule has 0 aliphatic rings. The number of allylic oxidation sites excluding steroid dienone is 11. The zero-order valence-corrected chi connectivity index (χ0v) is 38.7. The molecule has 0 aromatic heterocycles. The van der Waals surface area contributed by atoms with Gasteiger partial charge in [-0.3, -0.25) is 18.6 Å². The van der Waals surface area contributed by atoms with Crippen LogP contribution in [0.4, 0.5) is 0 Å². The summed E-state index contributed by atoms with van der Waals surface area (Å²) < 4.78 is 34.2. The zero-order valence-electron chi connectivity index (χ0n) is 37.8. The molecule has 0 aliphatic heterocycles. The molecule has 1 unspecified atom stereocenters. The van der Waals surface area contributed by atoms with Crippen LogP contribution in [-0.4, -0.2) is 86.1 Å². The van der Waals surface area contributed by atoms with E-state index in [4.69, 9.17) is 18.5 Å². The molecule has 59 heavy (non-hydrogen) atoms. The Hall–Kier alpha value is -2.59. The first kappa shape index (κ1) is 56.4. The summed E-state index contributed by atoms with van der Waals surface area (Å²) in [7, 11) is 1.40. The highest BCUT2D eigenvalue weighted by Crippen LogP contribution is 2.43. The highest BCUT2D eigenvalue weighted by atomic mass is 31.2. The van der Waals surface area contributed by atoms with E-state index < -0.39 is 32.5 Å². The van der Waals surface area contributed by atoms with Gasteiger partial charge in [0.2, 0.25) is 0 Å². The largest absolute Gasteiger partial charge is 0.472 e. The van der Waals surface area contributed by atoms with Crippen molar-refractivity contribution in [2.75, 3.05) is 47.5 Å². The minimum absolute atomic E-state index is 0.00928. The Labute approximate surface area is 360 Å². The van der Waals surface area contributed by atoms with E-state index in [0.29, 0.717) is 30.3 Å². The van der Waals surface area contributed by atoms with Crippen molar-refractivity contribution in [3.63, 3.8) is 0 Å². The van der Waals surface area contributed by atoms with Crippen LogP contribution in [0.3, 0.4) is 0 Å². The van der Waals surface area contributed by atoms with Crippen LogP contribution in [0.15, 0.2) is 72.9 Å². The van der Waals surface area contributed by atoms with Crippen LogP contribution in [0, 0.1) is 0 Å². The zero-order chi connectivity index (χ0) is 43.7. The molecule has 0 saturated heterocycles. The second kappa shape index (κ2) is 39.5. The Morgan fingerprint density at radius 1 is 0.593 bits per heavy atom. The number of carbonyl (C=O) groups is 2. The van der Waals surface area contributed by atoms with E-state index in [2.05, 4.69) is 68.5 Å². The van der Waals surface area contributed by atoms with Crippen LogP contribution in [0.2, 0.25) is 0 Å². The van der Waals surface area contributed by atoms with E-state index in [9.17, 15) is 24.2 Å². The molecular formula is C48H85NO9P+. The van der Waals surface area contributed by atoms with Gasteiger partial charge in [0.1, 0.15) is 19.8 Å². The molecule has 0 fully saturated rings. The fourth-order valence-corrected chi connectivity index (χ4v) is 6.38. The fourth-order valence-electron chi connectivity index (χ4n) is 5.64. The van der Waals surface area contributed by atoms with Gasteiger partial charge in [0.15, 0.2) is 6.10 Å². The molecule has 0 amide bonds. The molecule has 0 heterocycles. The average Bonchev–Trinajstić information content (AvgIpc) is 3.18. The summed E-state index contributed by atoms with van der Waals surface area (Å²) >= 11 is 0. The predicted molar refractivity (Wildman–Crippen MR) is 244 cm³/mol. The Bertz CT molecular complexity index is 1250. The number of rotatable bonds is 40. The first-order valence-electron chi connectivity index (χ1n) is 22.8. The van der Waals surface area contributed by atoms with Crippen molar-refractivity contribution in [1.82, 2.24) is 0 Å². The molecule has 0 aromatic carbocycles. The van der Waals surface area contributed by atoms with Crippen LogP contribution in [0.1, 0.15) is 162 Å². The number of unbranched alkanes of at least 4 members (excludes halogenated alkanes) is 12. The molecule has 0 aromatic rings. The van der Waals surface area contributed by atoms with Crippen molar-refractivity contribution >= 4 is 19.8 Å². The van der Waals surface area contributed by atoms with Crippen molar-refractivity contribution in [3.8, 4) is 0 Å². The van der Waals surface area contributed by atoms with E-state index in [0.717, 1.165) is 70.6 Å². The van der Waals surface area contributed by atoms with Gasteiger partial charge in [-0.2, -0.15) is 0 Å². The van der Waals surface area contributed by atoms with Crippen molar-refractivity contribution in [2.45, 2.75) is 174 Å². The van der Waals surface area contributed by atoms with Crippen LogP contribution in [0.5, 0.6) is 0 Å². The number of carbonyl (C=O) groups excluding carboxylic acids is 2. The predicted octanol–water partition coefficient (Wildman–Crippen LogP) is 12.0. The van der Waals surface area contributed by atoms with Gasteiger partial charge >= 0.3 is 19.8 Å². The van der Waals surface area contributed by atoms with E-state index in [-0.39, 0.29) is 32.2 Å². The molecule has 11 heteroatoms. The summed E-state index contributed by atoms with van der Waals surface area (Å²) in [5, 5.41) is 9.83. The lowest BCUT2D eigenvalue weighted by Crippen LogP contribution is -2.37. The second-order valence-electron chi connectivity index (χ2n) is 16.2. The third-order valence-electron chi connectivity index (χ3n) is 9.28. The summed E-state index contributed by atoms with van der Waals surface area (Å²) in [5.74, 6) is -0.901. The topological polar surface area (TPSA) is 129 Å². The number of phosphoric ester groups is 1. The average molecular weight is 851 g/mol. The Morgan fingerprint density at radius 3 is 1.66 bits per heavy atom. The van der Waals surface area contributed by atoms with Gasteiger partial charge < -0.3 is 24.0 Å². The standard InChI is InChI=1S/C48H84NO9P/c1-6-8-10-11-12-13-14-15-16-17-18-19-23-26-29-32-35-39-47(51)55-43-46(44-57-59(53,54)56-42-41-49(3,4)5)58-48(52)40-36-33-30-27-24-21-20-22-25-28-31-34-38-45(50)37-9-7-2/h12-13,15-16,20-21,25,27-28,30,34,38,45-46,50H,6-11,14,17-19,22-24,26,29,31-33,35-37,39-44H2,1-5H3/p+1/b13-12-,16-15-,21-20-,28-25-,30-27-,38-34-/t45-,46-/m1/s1. The Morgan fingerprint density at radius 2 is 1.08 bits per heavy atom. The summed E-state index contributed by atoms with van der Waals surface area (Å²) in [6.07, 6.45) is 45.7. The van der Waals surface area contributed by atoms with Gasteiger partial charge in [0.05, 0.1) is 33.9 Å². The van der Waals surface area contributed by atoms with Gasteiger partial charge in [-0.15, -0.1) is 0 Å². The van der Waals surface area contributed by atoms with Crippen LogP contribution < -0.4 is 0 Å². The number of phosphoric acid groups is 1. The van der Waals surface area contributed by atoms with Crippen LogP contribution in [0.25, 0.3) is 0 Å². The van der Waals surface area contributed by atoms with E-state index in [1.165, 1.54) is 44.9 Å². The molecule has 340 valence electrons. The van der Waals surface area contributed by atoms with Gasteiger partial charge in [-0.25, -0.2) is 4.57 Å². The number of esters is 2. The second-order valence-corrected chi connectivity index (χ2v) is 17.7. The van der Waals surface area contributed by atoms with E-state index >= 15 is 0 Å². The van der Waals surface area contributed by atoms with E-state index in [1.807, 2.05) is 39.4 Å². The summed E-state index contributed by atoms with van der Waals surface area (Å²) in [6.45, 7) is 4.14. The quantitative estimate of drug-likeness (QED) is 0.0203. The number of hydrogen-bond donors (Lipinski definition) is 2. The highest BCUT2D eigenvalue weighted by molar-refractivity contribution is 7.47.